The molecule has 2 aromatic heterocycles. The van der Waals surface area contributed by atoms with Crippen LogP contribution in [0, 0.1) is 17.6 Å². The van der Waals surface area contributed by atoms with Crippen LogP contribution in [0.15, 0.2) is 59.1 Å². The number of halogens is 2. The van der Waals surface area contributed by atoms with Crippen LogP contribution in [0.1, 0.15) is 64.4 Å². The van der Waals surface area contributed by atoms with Gasteiger partial charge in [0.25, 0.3) is 11.8 Å². The van der Waals surface area contributed by atoms with Crippen molar-refractivity contribution in [3.63, 3.8) is 0 Å². The lowest BCUT2D eigenvalue weighted by Gasteiger charge is -2.25. The van der Waals surface area contributed by atoms with E-state index in [0.29, 0.717) is 49.7 Å². The number of nitrogens with zero attached hydrogens (tertiary/aromatic N) is 4. The maximum atomic E-state index is 15.1. The lowest BCUT2D eigenvalue weighted by Crippen LogP contribution is -2.52. The van der Waals surface area contributed by atoms with E-state index in [4.69, 9.17) is 15.2 Å². The molecular weight excluding hydrogens is 829 g/mol. The summed E-state index contributed by atoms with van der Waals surface area (Å²) in [4.78, 5) is 71.2. The number of anilines is 2. The van der Waals surface area contributed by atoms with Gasteiger partial charge in [-0.3, -0.25) is 24.1 Å². The van der Waals surface area contributed by atoms with E-state index in [1.165, 1.54) is 42.7 Å². The van der Waals surface area contributed by atoms with E-state index < -0.39 is 45.4 Å². The highest BCUT2D eigenvalue weighted by molar-refractivity contribution is 7.92. The van der Waals surface area contributed by atoms with Gasteiger partial charge in [0, 0.05) is 83.4 Å². The maximum absolute atomic E-state index is 15.1. The van der Waals surface area contributed by atoms with Gasteiger partial charge in [-0.1, -0.05) is 20.3 Å². The average Bonchev–Trinajstić information content (AvgIpc) is 3.53. The molecule has 4 bridgehead atoms. The Morgan fingerprint density at radius 2 is 1.73 bits per heavy atom. The third kappa shape index (κ3) is 14.2. The first-order valence-electron chi connectivity index (χ1n) is 20.4. The molecule has 3 aromatic rings. The van der Waals surface area contributed by atoms with Crippen LogP contribution >= 0.6 is 0 Å². The van der Waals surface area contributed by atoms with Crippen LogP contribution in [0.4, 0.5) is 25.2 Å². The summed E-state index contributed by atoms with van der Waals surface area (Å²) in [5.41, 5.74) is 6.24. The van der Waals surface area contributed by atoms with E-state index in [-0.39, 0.29) is 97.5 Å². The summed E-state index contributed by atoms with van der Waals surface area (Å²) in [7, 11) is -2.97. The number of primary amides is 1. The molecule has 6 amide bonds. The number of unbranched alkanes of at least 4 members (excludes halogenated alkanes) is 2. The number of rotatable bonds is 18. The number of ether oxygens (including phenoxy) is 2. The second-order valence-electron chi connectivity index (χ2n) is 15.4. The highest BCUT2D eigenvalue weighted by atomic mass is 32.2. The van der Waals surface area contributed by atoms with Crippen molar-refractivity contribution in [3.8, 4) is 22.8 Å². The normalized spacial score (nSPS) is 15.5. The molecule has 4 heterocycles. The minimum atomic E-state index is -2.97. The van der Waals surface area contributed by atoms with E-state index in [9.17, 15) is 32.6 Å². The fraction of sp³-hybridized carbons (Fsp3) is 0.452. The molecule has 0 fully saturated rings. The van der Waals surface area contributed by atoms with Gasteiger partial charge in [0.05, 0.1) is 31.7 Å². The average molecular weight is 882 g/mol. The molecule has 334 valence electrons. The Morgan fingerprint density at radius 3 is 2.47 bits per heavy atom. The van der Waals surface area contributed by atoms with Crippen molar-refractivity contribution in [3.05, 3.63) is 71.9 Å². The van der Waals surface area contributed by atoms with Crippen LogP contribution in [-0.4, -0.2) is 99.9 Å². The number of amides is 6. The summed E-state index contributed by atoms with van der Waals surface area (Å²) in [5.74, 6) is -2.15. The number of hydrogen-bond donors (Lipinski definition) is 5. The van der Waals surface area contributed by atoms with Gasteiger partial charge in [0.1, 0.15) is 35.1 Å². The number of carbonyl (C=O) groups is 5. The van der Waals surface area contributed by atoms with E-state index in [2.05, 4.69) is 35.6 Å². The van der Waals surface area contributed by atoms with Crippen LogP contribution < -0.4 is 36.5 Å². The molecule has 1 aromatic carbocycles. The van der Waals surface area contributed by atoms with Crippen LogP contribution in [0.3, 0.4) is 0 Å². The molecule has 17 nitrogen and oxygen atoms in total. The monoisotopic (exact) mass is 881 g/mol. The van der Waals surface area contributed by atoms with Gasteiger partial charge >= 0.3 is 6.03 Å². The summed E-state index contributed by atoms with van der Waals surface area (Å²) >= 11 is 0. The number of hydrogen-bond acceptors (Lipinski definition) is 12. The Labute approximate surface area is 359 Å². The molecule has 5 rings (SSSR count). The predicted octanol–water partition coefficient (Wildman–Crippen LogP) is 4.48. The lowest BCUT2D eigenvalue weighted by molar-refractivity contribution is -0.137. The van der Waals surface area contributed by atoms with Crippen molar-refractivity contribution in [2.45, 2.75) is 76.6 Å². The molecule has 0 saturated heterocycles. The van der Waals surface area contributed by atoms with Crippen LogP contribution in [0.5, 0.6) is 11.6 Å². The van der Waals surface area contributed by atoms with Crippen molar-refractivity contribution in [1.82, 2.24) is 30.8 Å². The molecule has 6 N–H and O–H groups in total. The summed E-state index contributed by atoms with van der Waals surface area (Å²) < 4.78 is 59.6. The van der Waals surface area contributed by atoms with Crippen LogP contribution in [0.25, 0.3) is 11.1 Å². The minimum absolute atomic E-state index is 0.0409. The Morgan fingerprint density at radius 1 is 0.968 bits per heavy atom. The first kappa shape index (κ1) is 46.9. The number of aromatic nitrogens is 2. The molecule has 0 radical (unpaired) electrons. The number of pyridine rings is 2. The Balaban J connectivity index is 1.26. The number of urea groups is 1. The Kier molecular flexibility index (Phi) is 16.7. The summed E-state index contributed by atoms with van der Waals surface area (Å²) in [5, 5.41) is 11.3. The number of carbonyl (C=O) groups excluding carboxylic acids is 5. The quantitative estimate of drug-likeness (QED) is 0.0882. The van der Waals surface area contributed by atoms with Crippen molar-refractivity contribution in [2.75, 3.05) is 44.4 Å². The molecule has 2 aliphatic heterocycles. The highest BCUT2D eigenvalue weighted by Crippen LogP contribution is 2.34. The van der Waals surface area contributed by atoms with Crippen molar-refractivity contribution >= 4 is 51.0 Å². The Hall–Kier alpha value is -6.18. The van der Waals surface area contributed by atoms with Crippen molar-refractivity contribution in [1.29, 1.82) is 0 Å². The highest BCUT2D eigenvalue weighted by Gasteiger charge is 2.27. The zero-order valence-corrected chi connectivity index (χ0v) is 35.7. The van der Waals surface area contributed by atoms with Gasteiger partial charge in [0.15, 0.2) is 0 Å². The first-order chi connectivity index (χ1) is 29.6. The molecule has 62 heavy (non-hydrogen) atoms. The molecular formula is C42H53F2N9O8S. The summed E-state index contributed by atoms with van der Waals surface area (Å²) in [6.07, 6.45) is 7.84. The van der Waals surface area contributed by atoms with Crippen LogP contribution in [-0.2, 0) is 34.7 Å². The van der Waals surface area contributed by atoms with Gasteiger partial charge in [-0.2, -0.15) is 4.98 Å². The van der Waals surface area contributed by atoms with E-state index in [1.807, 2.05) is 0 Å². The van der Waals surface area contributed by atoms with E-state index in [0.717, 1.165) is 11.1 Å². The standard InChI is InChI=1S/C42H53F2N9O8S/c1-26(2)40(52-36(54)10-5-4-6-16-53-38(55)13-14-39(53)56)41(57)49-29(9-7-15-46-42(45)58)23-48-62(3,59)25-27-19-35-50-34-22-31(32(44)24-47-34)30-12-11-28(43)21-33(30)60-17-8-18-61-37(20-27)51-35/h11-14,19-22,24,26,29,40H,4-10,15-18,23,25H2,1-3H3,(H,49,57)(H,52,54)(H3,45,46,58)(H,47,50,51)/t29-,40-,62?/m0/s1. The molecule has 20 heteroatoms. The predicted molar refractivity (Wildman–Crippen MR) is 228 cm³/mol. The molecule has 0 aliphatic carbocycles. The topological polar surface area (TPSA) is 236 Å². The van der Waals surface area contributed by atoms with Crippen molar-refractivity contribution in [2.24, 2.45) is 16.0 Å². The van der Waals surface area contributed by atoms with Gasteiger partial charge in [-0.05, 0) is 61.4 Å². The number of nitrogens with one attached hydrogen (secondary N) is 4. The van der Waals surface area contributed by atoms with E-state index >= 15 is 4.39 Å². The summed E-state index contributed by atoms with van der Waals surface area (Å²) in [6.45, 7) is 4.32. The third-order valence-corrected chi connectivity index (χ3v) is 11.4. The minimum Gasteiger partial charge on any atom is -0.493 e. The number of nitrogens with two attached hydrogens (primary N) is 1. The Bertz CT molecular complexity index is 2270. The molecule has 0 spiro atoms. The van der Waals surface area contributed by atoms with Gasteiger partial charge < -0.3 is 36.5 Å². The number of benzene rings is 1. The van der Waals surface area contributed by atoms with Crippen LogP contribution in [0.2, 0.25) is 0 Å². The number of fused-ring (bicyclic) bond motifs is 6. The largest absolute Gasteiger partial charge is 0.493 e. The first-order valence-corrected chi connectivity index (χ1v) is 22.5. The fourth-order valence-corrected chi connectivity index (χ4v) is 8.08. The lowest BCUT2D eigenvalue weighted by atomic mass is 10.0. The second kappa shape index (κ2) is 22.1. The zero-order chi connectivity index (χ0) is 44.8. The SMILES string of the molecule is CC(C)[C@H](NC(=O)CCCCCN1C(=O)C=CC1=O)C(=O)N[C@@H](CCCNC(N)=O)CN=S(C)(=O)Cc1cc2nc(c1)OCCCOc1cc(F)ccc1-c1cc(ncc1F)N2. The number of imide groups is 1. The third-order valence-electron chi connectivity index (χ3n) is 9.83. The fourth-order valence-electron chi connectivity index (χ4n) is 6.71. The molecule has 2 aliphatic rings. The smallest absolute Gasteiger partial charge is 0.312 e. The molecule has 1 unspecified atom stereocenters. The van der Waals surface area contributed by atoms with Gasteiger partial charge in [0.2, 0.25) is 17.7 Å². The zero-order valence-electron chi connectivity index (χ0n) is 34.9. The molecule has 0 saturated carbocycles. The van der Waals surface area contributed by atoms with Crippen molar-refractivity contribution < 1.29 is 46.4 Å². The maximum Gasteiger partial charge on any atom is 0.312 e. The molecule has 3 atom stereocenters. The van der Waals surface area contributed by atoms with Gasteiger partial charge in [-0.25, -0.2) is 27.1 Å². The second-order valence-corrected chi connectivity index (χ2v) is 17.8. The summed E-state index contributed by atoms with van der Waals surface area (Å²) in [6, 6.07) is 6.33. The van der Waals surface area contributed by atoms with Gasteiger partial charge in [-0.15, -0.1) is 0 Å². The van der Waals surface area contributed by atoms with E-state index in [1.54, 1.807) is 26.0 Å².